The Morgan fingerprint density at radius 1 is 1.47 bits per heavy atom. The van der Waals surface area contributed by atoms with Crippen molar-refractivity contribution < 1.29 is 24.1 Å². The lowest BCUT2D eigenvalue weighted by molar-refractivity contribution is -0.138. The Kier molecular flexibility index (Phi) is 4.04. The number of rotatable bonds is 3. The summed E-state index contributed by atoms with van der Waals surface area (Å²) in [4.78, 5) is 11.3. The predicted molar refractivity (Wildman–Crippen MR) is 69.7 cm³/mol. The minimum absolute atomic E-state index is 0.315. The van der Waals surface area contributed by atoms with Gasteiger partial charge in [-0.2, -0.15) is 0 Å². The van der Waals surface area contributed by atoms with Crippen molar-refractivity contribution >= 4 is 17.6 Å². The molecule has 1 unspecified atom stereocenters. The van der Waals surface area contributed by atoms with E-state index < -0.39 is 11.9 Å². The number of hydrogen-bond donors (Lipinski definition) is 1. The van der Waals surface area contributed by atoms with E-state index in [2.05, 4.69) is 0 Å². The van der Waals surface area contributed by atoms with E-state index in [0.29, 0.717) is 41.0 Å². The molecule has 0 bridgehead atoms. The van der Waals surface area contributed by atoms with Crippen LogP contribution in [-0.4, -0.2) is 31.4 Å². The highest BCUT2D eigenvalue weighted by Gasteiger charge is 2.29. The van der Waals surface area contributed by atoms with Crippen molar-refractivity contribution in [3.8, 4) is 17.2 Å². The average Bonchev–Trinajstić information content (AvgIpc) is 2.61. The Hall–Kier alpha value is -1.62. The molecule has 0 fully saturated rings. The second kappa shape index (κ2) is 5.57. The fourth-order valence-electron chi connectivity index (χ4n) is 2.01. The molecule has 0 amide bonds. The van der Waals surface area contributed by atoms with Crippen molar-refractivity contribution in [2.24, 2.45) is 0 Å². The maximum atomic E-state index is 11.3. The van der Waals surface area contributed by atoms with Gasteiger partial charge in [-0.1, -0.05) is 11.6 Å². The van der Waals surface area contributed by atoms with Crippen LogP contribution in [0.4, 0.5) is 0 Å². The van der Waals surface area contributed by atoms with Crippen molar-refractivity contribution in [3.63, 3.8) is 0 Å². The molecule has 1 atom stereocenters. The van der Waals surface area contributed by atoms with Crippen LogP contribution in [0.1, 0.15) is 24.8 Å². The summed E-state index contributed by atoms with van der Waals surface area (Å²) in [6, 6.07) is 1.60. The molecule has 104 valence electrons. The molecular weight excluding hydrogens is 272 g/mol. The number of methoxy groups -OCH3 is 1. The molecule has 0 saturated heterocycles. The molecule has 5 nitrogen and oxygen atoms in total. The number of carboxylic acids is 1. The lowest BCUT2D eigenvalue weighted by atomic mass is 9.98. The van der Waals surface area contributed by atoms with E-state index in [1.165, 1.54) is 7.11 Å². The number of benzene rings is 1. The van der Waals surface area contributed by atoms with Gasteiger partial charge in [0.2, 0.25) is 0 Å². The minimum Gasteiger partial charge on any atom is -0.495 e. The third-order valence-electron chi connectivity index (χ3n) is 2.99. The van der Waals surface area contributed by atoms with Gasteiger partial charge in [0.15, 0.2) is 11.5 Å². The summed E-state index contributed by atoms with van der Waals surface area (Å²) < 4.78 is 16.4. The third-order valence-corrected chi connectivity index (χ3v) is 3.27. The molecule has 0 radical (unpaired) electrons. The number of carbonyl (C=O) groups is 1. The molecular formula is C13H15ClO5. The monoisotopic (exact) mass is 286 g/mol. The van der Waals surface area contributed by atoms with Crippen LogP contribution in [0, 0.1) is 0 Å². The maximum Gasteiger partial charge on any atom is 0.310 e. The highest BCUT2D eigenvalue weighted by atomic mass is 35.5. The van der Waals surface area contributed by atoms with Crippen LogP contribution in [0.25, 0.3) is 0 Å². The van der Waals surface area contributed by atoms with Gasteiger partial charge in [-0.15, -0.1) is 0 Å². The van der Waals surface area contributed by atoms with E-state index in [1.54, 1.807) is 13.0 Å². The third kappa shape index (κ3) is 2.56. The van der Waals surface area contributed by atoms with E-state index in [1.807, 2.05) is 0 Å². The highest BCUT2D eigenvalue weighted by molar-refractivity contribution is 6.32. The smallest absolute Gasteiger partial charge is 0.310 e. The van der Waals surface area contributed by atoms with Gasteiger partial charge in [-0.25, -0.2) is 0 Å². The summed E-state index contributed by atoms with van der Waals surface area (Å²) in [5.41, 5.74) is 0.416. The first-order chi connectivity index (χ1) is 9.06. The van der Waals surface area contributed by atoms with Crippen molar-refractivity contribution in [2.75, 3.05) is 20.3 Å². The van der Waals surface area contributed by atoms with E-state index in [4.69, 9.17) is 25.8 Å². The summed E-state index contributed by atoms with van der Waals surface area (Å²) in [5, 5.41) is 9.54. The molecule has 19 heavy (non-hydrogen) atoms. The molecule has 0 spiro atoms. The first-order valence-corrected chi connectivity index (χ1v) is 6.32. The molecule has 6 heteroatoms. The second-order valence-corrected chi connectivity index (χ2v) is 4.65. The molecule has 0 aliphatic carbocycles. The molecule has 1 heterocycles. The molecule has 1 aromatic rings. The summed E-state index contributed by atoms with van der Waals surface area (Å²) in [7, 11) is 1.45. The van der Waals surface area contributed by atoms with Gasteiger partial charge in [-0.05, 0) is 6.92 Å². The maximum absolute atomic E-state index is 11.3. The van der Waals surface area contributed by atoms with Gasteiger partial charge in [0.1, 0.15) is 5.75 Å². The largest absolute Gasteiger partial charge is 0.495 e. The first kappa shape index (κ1) is 13.8. The Morgan fingerprint density at radius 3 is 2.79 bits per heavy atom. The second-order valence-electron chi connectivity index (χ2n) is 4.24. The van der Waals surface area contributed by atoms with Gasteiger partial charge in [0, 0.05) is 12.5 Å². The van der Waals surface area contributed by atoms with Crippen LogP contribution in [0.15, 0.2) is 6.07 Å². The van der Waals surface area contributed by atoms with Crippen molar-refractivity contribution in [2.45, 2.75) is 19.3 Å². The molecule has 0 aromatic heterocycles. The number of hydrogen-bond acceptors (Lipinski definition) is 4. The van der Waals surface area contributed by atoms with Crippen LogP contribution >= 0.6 is 11.6 Å². The first-order valence-electron chi connectivity index (χ1n) is 5.95. The van der Waals surface area contributed by atoms with E-state index in [9.17, 15) is 9.90 Å². The standard InChI is InChI=1S/C13H15ClO5/c1-7(13(15)16)10-11(17-2)8(14)6-9-12(10)19-5-3-4-18-9/h6-7H,3-5H2,1-2H3,(H,15,16). The lowest BCUT2D eigenvalue weighted by Gasteiger charge is -2.19. The van der Waals surface area contributed by atoms with Crippen LogP contribution in [-0.2, 0) is 4.79 Å². The Labute approximate surface area is 116 Å². The molecule has 1 aliphatic heterocycles. The van der Waals surface area contributed by atoms with Gasteiger partial charge < -0.3 is 19.3 Å². The Bertz CT molecular complexity index is 500. The van der Waals surface area contributed by atoms with Crippen molar-refractivity contribution in [1.82, 2.24) is 0 Å². The zero-order valence-corrected chi connectivity index (χ0v) is 11.5. The molecule has 1 aliphatic rings. The van der Waals surface area contributed by atoms with Crippen LogP contribution in [0.2, 0.25) is 5.02 Å². The van der Waals surface area contributed by atoms with Gasteiger partial charge in [0.05, 0.1) is 36.8 Å². The number of aliphatic carboxylic acids is 1. The topological polar surface area (TPSA) is 65.0 Å². The fourth-order valence-corrected chi connectivity index (χ4v) is 2.28. The quantitative estimate of drug-likeness (QED) is 0.925. The Balaban J connectivity index is 2.65. The van der Waals surface area contributed by atoms with Gasteiger partial charge in [0.25, 0.3) is 0 Å². The SMILES string of the molecule is COc1c(Cl)cc2c(c1C(C)C(=O)O)OCCCO2. The van der Waals surface area contributed by atoms with E-state index in [0.717, 1.165) is 6.42 Å². The van der Waals surface area contributed by atoms with Crippen LogP contribution in [0.3, 0.4) is 0 Å². The zero-order chi connectivity index (χ0) is 14.0. The zero-order valence-electron chi connectivity index (χ0n) is 10.7. The van der Waals surface area contributed by atoms with E-state index in [-0.39, 0.29) is 0 Å². The lowest BCUT2D eigenvalue weighted by Crippen LogP contribution is -2.11. The van der Waals surface area contributed by atoms with Crippen LogP contribution in [0.5, 0.6) is 17.2 Å². The normalized spacial score (nSPS) is 15.5. The van der Waals surface area contributed by atoms with Gasteiger partial charge >= 0.3 is 5.97 Å². The summed E-state index contributed by atoms with van der Waals surface area (Å²) in [6.07, 6.45) is 0.732. The highest BCUT2D eigenvalue weighted by Crippen LogP contribution is 2.47. The molecule has 2 rings (SSSR count). The number of carboxylic acid groups (broad SMARTS) is 1. The average molecular weight is 287 g/mol. The fraction of sp³-hybridized carbons (Fsp3) is 0.462. The van der Waals surface area contributed by atoms with Crippen LogP contribution < -0.4 is 14.2 Å². The summed E-state index contributed by atoms with van der Waals surface area (Å²) in [6.45, 7) is 2.54. The molecule has 1 N–H and O–H groups in total. The predicted octanol–water partition coefficient (Wildman–Crippen LogP) is 2.70. The van der Waals surface area contributed by atoms with Gasteiger partial charge in [-0.3, -0.25) is 4.79 Å². The number of ether oxygens (including phenoxy) is 3. The van der Waals surface area contributed by atoms with E-state index >= 15 is 0 Å². The molecule has 0 saturated carbocycles. The number of halogens is 1. The number of fused-ring (bicyclic) bond motifs is 1. The van der Waals surface area contributed by atoms with Crippen molar-refractivity contribution in [1.29, 1.82) is 0 Å². The summed E-state index contributed by atoms with van der Waals surface area (Å²) >= 11 is 6.12. The summed E-state index contributed by atoms with van der Waals surface area (Å²) in [5.74, 6) is -0.583. The van der Waals surface area contributed by atoms with Crippen molar-refractivity contribution in [3.05, 3.63) is 16.7 Å². The Morgan fingerprint density at radius 2 is 2.16 bits per heavy atom. The minimum atomic E-state index is -0.976. The molecule has 1 aromatic carbocycles.